The largest absolute Gasteiger partial charge is 0.530 e. The quantitative estimate of drug-likeness (QED) is 0.512. The summed E-state index contributed by atoms with van der Waals surface area (Å²) in [5.41, 5.74) is 0. The molecule has 0 spiro atoms. The number of hydrogen-bond acceptors (Lipinski definition) is 2. The van der Waals surface area contributed by atoms with E-state index in [1.54, 1.807) is 0 Å². The number of likely N-dealkylation sites (tertiary alicyclic amines) is 1. The molecule has 1 rings (SSSR count). The molecule has 0 aromatic rings. The van der Waals surface area contributed by atoms with Gasteiger partial charge in [0.05, 0.1) is 0 Å². The minimum Gasteiger partial charge on any atom is -0.530 e. The van der Waals surface area contributed by atoms with E-state index in [9.17, 15) is 9.90 Å². The number of nitrogens with zero attached hydrogens (tertiary/aromatic N) is 1. The van der Waals surface area contributed by atoms with Crippen LogP contribution in [-0.4, -0.2) is 30.5 Å². The zero-order valence-electron chi connectivity index (χ0n) is 6.68. The van der Waals surface area contributed by atoms with Crippen molar-refractivity contribution in [3.8, 4) is 0 Å². The third-order valence-corrected chi connectivity index (χ3v) is 1.61. The van der Waals surface area contributed by atoms with Crippen molar-refractivity contribution < 1.29 is 9.90 Å². The predicted octanol–water partition coefficient (Wildman–Crippen LogP) is 0.671. The van der Waals surface area contributed by atoms with Crippen molar-refractivity contribution in [2.24, 2.45) is 0 Å². The molecule has 0 saturated carbocycles. The van der Waals surface area contributed by atoms with Gasteiger partial charge in [0.1, 0.15) is 6.09 Å². The van der Waals surface area contributed by atoms with E-state index < -0.39 is 6.09 Å². The van der Waals surface area contributed by atoms with Gasteiger partial charge < -0.3 is 14.8 Å². The zero-order chi connectivity index (χ0) is 8.69. The molecule has 0 atom stereocenters. The van der Waals surface area contributed by atoms with E-state index in [4.69, 9.17) is 0 Å². The second-order valence-corrected chi connectivity index (χ2v) is 2.31. The summed E-state index contributed by atoms with van der Waals surface area (Å²) in [5.74, 6) is 0. The van der Waals surface area contributed by atoms with Gasteiger partial charge in [-0.25, -0.2) is 0 Å². The molecule has 4 heteroatoms. The molecular formula is C7H13ClNO2-. The highest BCUT2D eigenvalue weighted by Gasteiger charge is 2.07. The Labute approximate surface area is 71.9 Å². The summed E-state index contributed by atoms with van der Waals surface area (Å²) in [6.45, 7) is 1.34. The number of piperidine rings is 1. The van der Waals surface area contributed by atoms with Crippen LogP contribution in [0.2, 0.25) is 0 Å². The van der Waals surface area contributed by atoms with Gasteiger partial charge in [0.25, 0.3) is 0 Å². The lowest BCUT2D eigenvalue weighted by molar-refractivity contribution is -0.266. The molecule has 66 valence electrons. The van der Waals surface area contributed by atoms with Gasteiger partial charge in [-0.1, -0.05) is 0 Å². The molecule has 0 radical (unpaired) electrons. The summed E-state index contributed by atoms with van der Waals surface area (Å²) >= 11 is 4.64. The Bertz CT molecular complexity index is 113. The maximum absolute atomic E-state index is 10.2. The molecule has 0 aliphatic carbocycles. The van der Waals surface area contributed by atoms with Gasteiger partial charge >= 0.3 is 0 Å². The highest BCUT2D eigenvalue weighted by atomic mass is 35.5. The molecule has 0 bridgehead atoms. The number of carbonyl (C=O) groups excluding carboxylic acids is 1. The van der Waals surface area contributed by atoms with Crippen LogP contribution >= 0.6 is 11.6 Å². The van der Waals surface area contributed by atoms with Gasteiger partial charge in [0, 0.05) is 19.5 Å². The zero-order valence-corrected chi connectivity index (χ0v) is 7.43. The van der Waals surface area contributed by atoms with Crippen LogP contribution in [0.5, 0.6) is 0 Å². The second kappa shape index (κ2) is 6.28. The molecule has 0 aromatic carbocycles. The van der Waals surface area contributed by atoms with Crippen LogP contribution in [0.15, 0.2) is 0 Å². The van der Waals surface area contributed by atoms with E-state index >= 15 is 0 Å². The summed E-state index contributed by atoms with van der Waals surface area (Å²) in [4.78, 5) is 11.5. The van der Waals surface area contributed by atoms with E-state index in [1.165, 1.54) is 11.3 Å². The summed E-state index contributed by atoms with van der Waals surface area (Å²) < 4.78 is 0. The Morgan fingerprint density at radius 3 is 2.00 bits per heavy atom. The van der Waals surface area contributed by atoms with E-state index in [-0.39, 0.29) is 0 Å². The van der Waals surface area contributed by atoms with Crippen LogP contribution in [-0.2, 0) is 0 Å². The Hall–Kier alpha value is -0.440. The lowest BCUT2D eigenvalue weighted by Crippen LogP contribution is -2.43. The smallest absolute Gasteiger partial charge is 0.136 e. The first-order valence-corrected chi connectivity index (χ1v) is 4.40. The lowest BCUT2D eigenvalue weighted by atomic mass is 10.1. The van der Waals surface area contributed by atoms with Crippen LogP contribution < -0.4 is 5.11 Å². The molecule has 0 N–H and O–H groups in total. The molecule has 1 heterocycles. The molecule has 1 fully saturated rings. The average molecular weight is 179 g/mol. The molecule has 1 aliphatic heterocycles. The number of carboxylic acid groups (broad SMARTS) is 1. The minimum absolute atomic E-state index is 0.669. The molecule has 1 amide bonds. The van der Waals surface area contributed by atoms with Crippen molar-refractivity contribution in [1.82, 2.24) is 4.90 Å². The predicted molar refractivity (Wildman–Crippen MR) is 42.6 cm³/mol. The third-order valence-electron chi connectivity index (χ3n) is 1.61. The van der Waals surface area contributed by atoms with Crippen LogP contribution in [0, 0.1) is 0 Å². The fourth-order valence-electron chi connectivity index (χ4n) is 1.08. The van der Waals surface area contributed by atoms with Gasteiger partial charge in [-0.15, -0.1) is 11.6 Å². The standard InChI is InChI=1S/C6H11NO2.CH3Cl/c8-6(9)7-4-2-1-3-5-7;1-2/h1-5H2,(H,8,9);1H3/p-1. The molecule has 1 saturated heterocycles. The normalized spacial score (nSPS) is 16.7. The fraction of sp³-hybridized carbons (Fsp3) is 0.857. The SMILES string of the molecule is CCl.O=C([O-])N1CCCCC1. The highest BCUT2D eigenvalue weighted by molar-refractivity contribution is 6.15. The third kappa shape index (κ3) is 4.09. The van der Waals surface area contributed by atoms with Crippen molar-refractivity contribution in [3.63, 3.8) is 0 Å². The first-order chi connectivity index (χ1) is 5.30. The van der Waals surface area contributed by atoms with Crippen molar-refractivity contribution in [2.75, 3.05) is 19.5 Å². The van der Waals surface area contributed by atoms with E-state index in [0.717, 1.165) is 19.3 Å². The molecule has 3 nitrogen and oxygen atoms in total. The monoisotopic (exact) mass is 178 g/mol. The van der Waals surface area contributed by atoms with Gasteiger partial charge in [0.15, 0.2) is 0 Å². The van der Waals surface area contributed by atoms with Gasteiger partial charge in [-0.05, 0) is 19.3 Å². The van der Waals surface area contributed by atoms with Crippen molar-refractivity contribution in [3.05, 3.63) is 0 Å². The summed E-state index contributed by atoms with van der Waals surface area (Å²) in [6, 6.07) is 0. The highest BCUT2D eigenvalue weighted by Crippen LogP contribution is 2.06. The Morgan fingerprint density at radius 2 is 1.73 bits per heavy atom. The van der Waals surface area contributed by atoms with E-state index in [2.05, 4.69) is 11.6 Å². The summed E-state index contributed by atoms with van der Waals surface area (Å²) in [7, 11) is 0. The van der Waals surface area contributed by atoms with E-state index in [1.807, 2.05) is 0 Å². The van der Waals surface area contributed by atoms with Gasteiger partial charge in [-0.2, -0.15) is 0 Å². The van der Waals surface area contributed by atoms with Crippen LogP contribution in [0.3, 0.4) is 0 Å². The number of hydrogen-bond donors (Lipinski definition) is 0. The number of carbonyl (C=O) groups is 1. The molecule has 0 aromatic heterocycles. The fourth-order valence-corrected chi connectivity index (χ4v) is 1.08. The topological polar surface area (TPSA) is 43.4 Å². The summed E-state index contributed by atoms with van der Waals surface area (Å²) in [6.07, 6.45) is 3.60. The van der Waals surface area contributed by atoms with Crippen molar-refractivity contribution in [2.45, 2.75) is 19.3 Å². The second-order valence-electron chi connectivity index (χ2n) is 2.31. The Balaban J connectivity index is 0.000000461. The average Bonchev–Trinajstić information content (AvgIpc) is 2.10. The Morgan fingerprint density at radius 1 is 1.27 bits per heavy atom. The van der Waals surface area contributed by atoms with Crippen LogP contribution in [0.4, 0.5) is 4.79 Å². The maximum atomic E-state index is 10.2. The first-order valence-electron chi connectivity index (χ1n) is 3.64. The van der Waals surface area contributed by atoms with Crippen LogP contribution in [0.1, 0.15) is 19.3 Å². The molecule has 11 heavy (non-hydrogen) atoms. The van der Waals surface area contributed by atoms with Crippen molar-refractivity contribution >= 4 is 17.7 Å². The number of amides is 1. The number of halogens is 1. The number of rotatable bonds is 0. The van der Waals surface area contributed by atoms with E-state index in [0.29, 0.717) is 13.1 Å². The first kappa shape index (κ1) is 10.6. The molecular weight excluding hydrogens is 166 g/mol. The lowest BCUT2D eigenvalue weighted by Gasteiger charge is -2.28. The number of alkyl halides is 1. The summed E-state index contributed by atoms with van der Waals surface area (Å²) in [5, 5.41) is 10.2. The maximum Gasteiger partial charge on any atom is 0.136 e. The molecule has 1 aliphatic rings. The minimum atomic E-state index is -1.02. The Kier molecular flexibility index (Phi) is 6.03. The van der Waals surface area contributed by atoms with Gasteiger partial charge in [-0.3, -0.25) is 0 Å². The van der Waals surface area contributed by atoms with Gasteiger partial charge in [0.2, 0.25) is 0 Å². The van der Waals surface area contributed by atoms with Crippen LogP contribution in [0.25, 0.3) is 0 Å². The molecule has 0 unspecified atom stereocenters. The van der Waals surface area contributed by atoms with Crippen molar-refractivity contribution in [1.29, 1.82) is 0 Å².